The van der Waals surface area contributed by atoms with Crippen molar-refractivity contribution in [2.45, 2.75) is 0 Å². The lowest BCUT2D eigenvalue weighted by Crippen LogP contribution is -2.15. The van der Waals surface area contributed by atoms with Crippen LogP contribution in [0.1, 0.15) is 10.4 Å². The van der Waals surface area contributed by atoms with E-state index >= 15 is 0 Å². The van der Waals surface area contributed by atoms with E-state index in [1.165, 1.54) is 0 Å². The van der Waals surface area contributed by atoms with E-state index in [0.29, 0.717) is 6.07 Å². The Morgan fingerprint density at radius 3 is 2.21 bits per heavy atom. The number of anilines is 1. The number of non-ortho nitro benzene ring substituents is 1. The van der Waals surface area contributed by atoms with Crippen LogP contribution in [0, 0.1) is 30.3 Å². The topological polar surface area (TPSA) is 171 Å². The van der Waals surface area contributed by atoms with Gasteiger partial charge in [0.1, 0.15) is 11.3 Å². The number of hydrogen-bond donors (Lipinski definition) is 1. The van der Waals surface area contributed by atoms with Crippen LogP contribution in [-0.2, 0) is 0 Å². The Balaban J connectivity index is 2.41. The van der Waals surface area contributed by atoms with E-state index in [4.69, 9.17) is 0 Å². The second kappa shape index (κ2) is 6.43. The Bertz CT molecular complexity index is 867. The largest absolute Gasteiger partial charge is 0.316 e. The Morgan fingerprint density at radius 2 is 1.62 bits per heavy atom. The van der Waals surface area contributed by atoms with Crippen LogP contribution in [0.15, 0.2) is 36.7 Å². The van der Waals surface area contributed by atoms with Gasteiger partial charge < -0.3 is 5.32 Å². The molecule has 122 valence electrons. The van der Waals surface area contributed by atoms with Crippen LogP contribution in [0.25, 0.3) is 0 Å². The van der Waals surface area contributed by atoms with Gasteiger partial charge >= 0.3 is 0 Å². The number of amides is 1. The first-order valence-electron chi connectivity index (χ1n) is 6.14. The molecule has 2 aromatic rings. The van der Waals surface area contributed by atoms with Gasteiger partial charge in [0.05, 0.1) is 20.8 Å². The van der Waals surface area contributed by atoms with Gasteiger partial charge in [0, 0.05) is 24.5 Å². The van der Waals surface area contributed by atoms with Crippen LogP contribution in [0.4, 0.5) is 22.7 Å². The third kappa shape index (κ3) is 3.27. The van der Waals surface area contributed by atoms with Gasteiger partial charge in [-0.1, -0.05) is 0 Å². The predicted octanol–water partition coefficient (Wildman–Crippen LogP) is 2.06. The minimum absolute atomic E-state index is 0.339. The van der Waals surface area contributed by atoms with Crippen molar-refractivity contribution in [2.24, 2.45) is 0 Å². The molecule has 24 heavy (non-hydrogen) atoms. The molecule has 0 saturated carbocycles. The standard InChI is InChI=1S/C12H7N5O7/c18-12(8-6-13-4-3-10(8)16(21)22)14-9-2-1-7(15(19)20)5-11(9)17(23)24/h1-6H,(H,14,18). The number of hydrogen-bond acceptors (Lipinski definition) is 8. The van der Waals surface area contributed by atoms with Crippen molar-refractivity contribution in [1.82, 2.24) is 4.98 Å². The van der Waals surface area contributed by atoms with Crippen molar-refractivity contribution in [3.8, 4) is 0 Å². The summed E-state index contributed by atoms with van der Waals surface area (Å²) in [5.74, 6) is -1.01. The molecule has 1 aromatic carbocycles. The number of benzene rings is 1. The third-order valence-electron chi connectivity index (χ3n) is 2.88. The molecule has 0 radical (unpaired) electrons. The summed E-state index contributed by atoms with van der Waals surface area (Å²) in [6.45, 7) is 0. The molecule has 0 aliphatic rings. The quantitative estimate of drug-likeness (QED) is 0.639. The summed E-state index contributed by atoms with van der Waals surface area (Å²) in [5.41, 5.74) is -2.54. The zero-order valence-corrected chi connectivity index (χ0v) is 11.6. The molecule has 0 bridgehead atoms. The molecule has 1 heterocycles. The number of rotatable bonds is 5. The lowest BCUT2D eigenvalue weighted by Gasteiger charge is -2.06. The molecule has 0 aliphatic carbocycles. The second-order valence-corrected chi connectivity index (χ2v) is 4.32. The number of nitrogens with zero attached hydrogens (tertiary/aromatic N) is 4. The van der Waals surface area contributed by atoms with Crippen LogP contribution in [0.5, 0.6) is 0 Å². The molecule has 0 saturated heterocycles. The fourth-order valence-corrected chi connectivity index (χ4v) is 1.80. The van der Waals surface area contributed by atoms with Crippen molar-refractivity contribution in [3.05, 3.63) is 72.6 Å². The van der Waals surface area contributed by atoms with Gasteiger partial charge in [0.2, 0.25) is 0 Å². The fraction of sp³-hybridized carbons (Fsp3) is 0. The van der Waals surface area contributed by atoms with Crippen LogP contribution < -0.4 is 5.32 Å². The van der Waals surface area contributed by atoms with Gasteiger partial charge in [-0.25, -0.2) is 0 Å². The molecule has 12 heteroatoms. The van der Waals surface area contributed by atoms with Crippen LogP contribution >= 0.6 is 0 Å². The van der Waals surface area contributed by atoms with E-state index in [1.807, 2.05) is 0 Å². The SMILES string of the molecule is O=C(Nc1ccc([N+](=O)[O-])cc1[N+](=O)[O-])c1cnccc1[N+](=O)[O-]. The summed E-state index contributed by atoms with van der Waals surface area (Å²) in [7, 11) is 0. The molecule has 1 amide bonds. The Kier molecular flexibility index (Phi) is 4.40. The van der Waals surface area contributed by atoms with Crippen molar-refractivity contribution in [1.29, 1.82) is 0 Å². The number of nitrogens with one attached hydrogen (secondary N) is 1. The highest BCUT2D eigenvalue weighted by Crippen LogP contribution is 2.29. The zero-order chi connectivity index (χ0) is 17.9. The Hall–Kier alpha value is -3.96. The molecule has 1 N–H and O–H groups in total. The molecule has 0 spiro atoms. The van der Waals surface area contributed by atoms with Gasteiger partial charge in [-0.05, 0) is 6.07 Å². The molecule has 0 aliphatic heterocycles. The molecule has 1 aromatic heterocycles. The average molecular weight is 333 g/mol. The lowest BCUT2D eigenvalue weighted by atomic mass is 10.2. The molecular formula is C12H7N5O7. The van der Waals surface area contributed by atoms with Crippen molar-refractivity contribution >= 4 is 28.7 Å². The van der Waals surface area contributed by atoms with E-state index in [1.54, 1.807) is 0 Å². The first kappa shape index (κ1) is 16.4. The van der Waals surface area contributed by atoms with Crippen molar-refractivity contribution in [3.63, 3.8) is 0 Å². The van der Waals surface area contributed by atoms with Crippen LogP contribution in [0.3, 0.4) is 0 Å². The first-order chi connectivity index (χ1) is 11.3. The third-order valence-corrected chi connectivity index (χ3v) is 2.88. The summed E-state index contributed by atoms with van der Waals surface area (Å²) in [6.07, 6.45) is 2.05. The van der Waals surface area contributed by atoms with Gasteiger partial charge in [0.15, 0.2) is 0 Å². The molecule has 12 nitrogen and oxygen atoms in total. The van der Waals surface area contributed by atoms with E-state index < -0.39 is 43.3 Å². The predicted molar refractivity (Wildman–Crippen MR) is 78.6 cm³/mol. The zero-order valence-electron chi connectivity index (χ0n) is 11.6. The lowest BCUT2D eigenvalue weighted by molar-refractivity contribution is -0.393. The number of aromatic nitrogens is 1. The van der Waals surface area contributed by atoms with E-state index in [-0.39, 0.29) is 5.69 Å². The minimum Gasteiger partial charge on any atom is -0.316 e. The highest BCUT2D eigenvalue weighted by atomic mass is 16.6. The molecule has 2 rings (SSSR count). The minimum atomic E-state index is -1.01. The van der Waals surface area contributed by atoms with Crippen LogP contribution in [-0.4, -0.2) is 25.7 Å². The molecule has 0 fully saturated rings. The summed E-state index contributed by atoms with van der Waals surface area (Å²) < 4.78 is 0. The monoisotopic (exact) mass is 333 g/mol. The Labute approximate surface area is 132 Å². The summed E-state index contributed by atoms with van der Waals surface area (Å²) in [5, 5.41) is 34.7. The van der Waals surface area contributed by atoms with Crippen LogP contribution in [0.2, 0.25) is 0 Å². The molecular weight excluding hydrogens is 326 g/mol. The molecule has 0 unspecified atom stereocenters. The fourth-order valence-electron chi connectivity index (χ4n) is 1.80. The van der Waals surface area contributed by atoms with Crippen molar-refractivity contribution in [2.75, 3.05) is 5.32 Å². The normalized spacial score (nSPS) is 10.0. The van der Waals surface area contributed by atoms with Crippen molar-refractivity contribution < 1.29 is 19.6 Å². The van der Waals surface area contributed by atoms with E-state index in [9.17, 15) is 35.1 Å². The highest BCUT2D eigenvalue weighted by molar-refractivity contribution is 6.07. The molecule has 0 atom stereocenters. The van der Waals surface area contributed by atoms with Gasteiger partial charge in [-0.15, -0.1) is 0 Å². The van der Waals surface area contributed by atoms with Gasteiger partial charge in [-0.2, -0.15) is 0 Å². The maximum Gasteiger partial charge on any atom is 0.299 e. The Morgan fingerprint density at radius 1 is 0.958 bits per heavy atom. The second-order valence-electron chi connectivity index (χ2n) is 4.32. The summed E-state index contributed by atoms with van der Waals surface area (Å²) >= 11 is 0. The smallest absolute Gasteiger partial charge is 0.299 e. The van der Waals surface area contributed by atoms with E-state index in [2.05, 4.69) is 10.3 Å². The van der Waals surface area contributed by atoms with Gasteiger partial charge in [-0.3, -0.25) is 40.1 Å². The first-order valence-corrected chi connectivity index (χ1v) is 6.14. The maximum atomic E-state index is 12.1. The number of carbonyl (C=O) groups excluding carboxylic acids is 1. The maximum absolute atomic E-state index is 12.1. The highest BCUT2D eigenvalue weighted by Gasteiger charge is 2.24. The average Bonchev–Trinajstić information content (AvgIpc) is 2.54. The number of nitro benzene ring substituents is 2. The number of nitro groups is 3. The van der Waals surface area contributed by atoms with E-state index in [0.717, 1.165) is 30.6 Å². The number of pyridine rings is 1. The number of carbonyl (C=O) groups is 1. The van der Waals surface area contributed by atoms with Gasteiger partial charge in [0.25, 0.3) is 23.0 Å². The summed E-state index contributed by atoms with van der Waals surface area (Å²) in [4.78, 5) is 45.7. The summed E-state index contributed by atoms with van der Waals surface area (Å²) in [6, 6.07) is 3.60.